The van der Waals surface area contributed by atoms with Crippen molar-refractivity contribution in [2.24, 2.45) is 0 Å². The van der Waals surface area contributed by atoms with Gasteiger partial charge in [0.05, 0.1) is 10.5 Å². The Kier molecular flexibility index (Phi) is 5.55. The molecule has 31 heavy (non-hydrogen) atoms. The molecular weight excluding hydrogens is 412 g/mol. The van der Waals surface area contributed by atoms with E-state index < -0.39 is 10.0 Å². The van der Waals surface area contributed by atoms with Gasteiger partial charge in [-0.25, -0.2) is 18.1 Å². The van der Waals surface area contributed by atoms with Crippen LogP contribution in [0.5, 0.6) is 11.6 Å². The second-order valence-corrected chi connectivity index (χ2v) is 8.55. The molecule has 0 radical (unpaired) electrons. The molecule has 3 aromatic carbocycles. The molecule has 4 aromatic rings. The van der Waals surface area contributed by atoms with Crippen LogP contribution in [-0.4, -0.2) is 18.4 Å². The third-order valence-electron chi connectivity index (χ3n) is 4.47. The van der Waals surface area contributed by atoms with Gasteiger partial charge < -0.3 is 10.5 Å². The number of para-hydroxylation sites is 1. The lowest BCUT2D eigenvalue weighted by Crippen LogP contribution is -2.15. The number of hydrogen-bond acceptors (Lipinski definition) is 6. The van der Waals surface area contributed by atoms with E-state index in [0.717, 1.165) is 11.1 Å². The number of nitrogens with two attached hydrogens (primary N) is 1. The quantitative estimate of drug-likeness (QED) is 0.430. The molecule has 1 aromatic heterocycles. The summed E-state index contributed by atoms with van der Waals surface area (Å²) in [5.41, 5.74) is 8.65. The molecule has 0 aliphatic heterocycles. The van der Waals surface area contributed by atoms with E-state index >= 15 is 0 Å². The molecule has 3 N–H and O–H groups in total. The van der Waals surface area contributed by atoms with Crippen molar-refractivity contribution in [3.05, 3.63) is 90.6 Å². The van der Waals surface area contributed by atoms with Crippen LogP contribution in [0.1, 0.15) is 5.56 Å². The summed E-state index contributed by atoms with van der Waals surface area (Å²) in [6.07, 6.45) is 1.53. The van der Waals surface area contributed by atoms with Gasteiger partial charge >= 0.3 is 0 Å². The van der Waals surface area contributed by atoms with Crippen LogP contribution in [0.2, 0.25) is 0 Å². The number of rotatable bonds is 6. The van der Waals surface area contributed by atoms with Gasteiger partial charge in [0.1, 0.15) is 5.75 Å². The number of sulfonamides is 1. The zero-order valence-corrected chi connectivity index (χ0v) is 17.5. The van der Waals surface area contributed by atoms with Gasteiger partial charge in [0.2, 0.25) is 11.8 Å². The van der Waals surface area contributed by atoms with Crippen LogP contribution >= 0.6 is 0 Å². The Labute approximate surface area is 180 Å². The molecule has 0 saturated heterocycles. The van der Waals surface area contributed by atoms with E-state index in [1.165, 1.54) is 18.3 Å². The van der Waals surface area contributed by atoms with Crippen molar-refractivity contribution < 1.29 is 13.2 Å². The van der Waals surface area contributed by atoms with Crippen LogP contribution in [0.15, 0.2) is 90.0 Å². The molecule has 1 heterocycles. The second kappa shape index (κ2) is 8.45. The number of nitrogens with zero attached hydrogens (tertiary/aromatic N) is 2. The number of ether oxygens (including phenoxy) is 1. The standard InChI is InChI=1S/C23H20N4O3S/c1-16-10-12-17(13-11-16)21-15-25-23(26-22(21)30-19-7-3-2-4-8-19)27-31(28,29)20-9-5-6-18(24)14-20/h2-15H,24H2,1H3,(H,25,26,27). The summed E-state index contributed by atoms with van der Waals surface area (Å²) in [7, 11) is -3.92. The number of anilines is 2. The van der Waals surface area contributed by atoms with Crippen molar-refractivity contribution in [2.75, 3.05) is 10.5 Å². The van der Waals surface area contributed by atoms with Gasteiger partial charge in [0.15, 0.2) is 0 Å². The largest absolute Gasteiger partial charge is 0.438 e. The van der Waals surface area contributed by atoms with E-state index in [4.69, 9.17) is 10.5 Å². The first-order valence-electron chi connectivity index (χ1n) is 9.46. The molecule has 0 saturated carbocycles. The number of aryl methyl sites for hydroxylation is 1. The van der Waals surface area contributed by atoms with Gasteiger partial charge in [-0.05, 0) is 42.8 Å². The maximum atomic E-state index is 12.7. The monoisotopic (exact) mass is 432 g/mol. The van der Waals surface area contributed by atoms with E-state index in [-0.39, 0.29) is 16.7 Å². The fourth-order valence-electron chi connectivity index (χ4n) is 2.89. The zero-order chi connectivity index (χ0) is 21.8. The SMILES string of the molecule is Cc1ccc(-c2cnc(NS(=O)(=O)c3cccc(N)c3)nc2Oc2ccccc2)cc1. The summed E-state index contributed by atoms with van der Waals surface area (Å²) in [6, 6.07) is 22.9. The van der Waals surface area contributed by atoms with E-state index in [2.05, 4.69) is 14.7 Å². The lowest BCUT2D eigenvalue weighted by molar-refractivity contribution is 0.464. The van der Waals surface area contributed by atoms with Gasteiger partial charge in [0.25, 0.3) is 10.0 Å². The third kappa shape index (κ3) is 4.81. The average Bonchev–Trinajstić information content (AvgIpc) is 2.75. The summed E-state index contributed by atoms with van der Waals surface area (Å²) in [5.74, 6) is 0.693. The number of nitrogen functional groups attached to an aromatic ring is 1. The van der Waals surface area contributed by atoms with Crippen LogP contribution < -0.4 is 15.2 Å². The molecule has 8 heteroatoms. The third-order valence-corrected chi connectivity index (χ3v) is 5.79. The number of aromatic nitrogens is 2. The molecule has 0 aliphatic carbocycles. The molecule has 0 unspecified atom stereocenters. The molecule has 0 aliphatic rings. The van der Waals surface area contributed by atoms with Crippen molar-refractivity contribution in [2.45, 2.75) is 11.8 Å². The van der Waals surface area contributed by atoms with Gasteiger partial charge in [0, 0.05) is 11.9 Å². The Morgan fingerprint density at radius 2 is 1.68 bits per heavy atom. The van der Waals surface area contributed by atoms with Gasteiger partial charge in [-0.1, -0.05) is 54.1 Å². The topological polar surface area (TPSA) is 107 Å². The fourth-order valence-corrected chi connectivity index (χ4v) is 3.89. The van der Waals surface area contributed by atoms with E-state index in [1.807, 2.05) is 49.4 Å². The smallest absolute Gasteiger partial charge is 0.264 e. The Morgan fingerprint density at radius 1 is 0.935 bits per heavy atom. The highest BCUT2D eigenvalue weighted by Gasteiger charge is 2.18. The minimum atomic E-state index is -3.92. The molecule has 0 spiro atoms. The van der Waals surface area contributed by atoms with E-state index in [0.29, 0.717) is 17.0 Å². The molecule has 4 rings (SSSR count). The van der Waals surface area contributed by atoms with Crippen molar-refractivity contribution in [3.63, 3.8) is 0 Å². The van der Waals surface area contributed by atoms with Crippen LogP contribution in [0, 0.1) is 6.92 Å². The molecular formula is C23H20N4O3S. The fraction of sp³-hybridized carbons (Fsp3) is 0.0435. The predicted octanol–water partition coefficient (Wildman–Crippen LogP) is 4.63. The number of benzene rings is 3. The van der Waals surface area contributed by atoms with E-state index in [1.54, 1.807) is 24.3 Å². The Bertz CT molecular complexity index is 1310. The summed E-state index contributed by atoms with van der Waals surface area (Å²) in [5, 5.41) is 0. The van der Waals surface area contributed by atoms with Gasteiger partial charge in [-0.2, -0.15) is 4.98 Å². The van der Waals surface area contributed by atoms with Crippen LogP contribution in [0.25, 0.3) is 11.1 Å². The van der Waals surface area contributed by atoms with Crippen molar-refractivity contribution in [1.29, 1.82) is 0 Å². The maximum Gasteiger partial charge on any atom is 0.264 e. The van der Waals surface area contributed by atoms with Crippen molar-refractivity contribution in [3.8, 4) is 22.8 Å². The number of hydrogen-bond donors (Lipinski definition) is 2. The first-order valence-corrected chi connectivity index (χ1v) is 10.9. The highest BCUT2D eigenvalue weighted by molar-refractivity contribution is 7.92. The molecule has 156 valence electrons. The van der Waals surface area contributed by atoms with Crippen LogP contribution in [-0.2, 0) is 10.0 Å². The minimum Gasteiger partial charge on any atom is -0.438 e. The van der Waals surface area contributed by atoms with Crippen LogP contribution in [0.3, 0.4) is 0 Å². The number of nitrogens with one attached hydrogen (secondary N) is 1. The summed E-state index contributed by atoms with van der Waals surface area (Å²) < 4.78 is 33.8. The lowest BCUT2D eigenvalue weighted by Gasteiger charge is -2.13. The Balaban J connectivity index is 1.73. The lowest BCUT2D eigenvalue weighted by atomic mass is 10.1. The second-order valence-electron chi connectivity index (χ2n) is 6.87. The zero-order valence-electron chi connectivity index (χ0n) is 16.7. The predicted molar refractivity (Wildman–Crippen MR) is 120 cm³/mol. The molecule has 0 amide bonds. The average molecular weight is 433 g/mol. The Morgan fingerprint density at radius 3 is 2.39 bits per heavy atom. The van der Waals surface area contributed by atoms with E-state index in [9.17, 15) is 8.42 Å². The Hall–Kier alpha value is -3.91. The molecule has 0 atom stereocenters. The van der Waals surface area contributed by atoms with Crippen molar-refractivity contribution in [1.82, 2.24) is 9.97 Å². The first kappa shape index (κ1) is 20.4. The summed E-state index contributed by atoms with van der Waals surface area (Å²) in [4.78, 5) is 8.56. The van der Waals surface area contributed by atoms with Gasteiger partial charge in [-0.15, -0.1) is 0 Å². The summed E-state index contributed by atoms with van der Waals surface area (Å²) in [6.45, 7) is 2.00. The highest BCUT2D eigenvalue weighted by Crippen LogP contribution is 2.32. The molecule has 0 fully saturated rings. The normalized spacial score (nSPS) is 11.1. The van der Waals surface area contributed by atoms with Crippen molar-refractivity contribution >= 4 is 21.7 Å². The maximum absolute atomic E-state index is 12.7. The highest BCUT2D eigenvalue weighted by atomic mass is 32.2. The molecule has 7 nitrogen and oxygen atoms in total. The van der Waals surface area contributed by atoms with Crippen LogP contribution in [0.4, 0.5) is 11.6 Å². The van der Waals surface area contributed by atoms with Gasteiger partial charge in [-0.3, -0.25) is 0 Å². The summed E-state index contributed by atoms with van der Waals surface area (Å²) >= 11 is 0. The molecule has 0 bridgehead atoms. The first-order chi connectivity index (χ1) is 14.9. The minimum absolute atomic E-state index is 0.0178.